The number of carbonyl (C=O) groups is 1. The Morgan fingerprint density at radius 2 is 1.65 bits per heavy atom. The molecule has 0 radical (unpaired) electrons. The number of carbonyl (C=O) groups excluding carboxylic acids is 1. The maximum Gasteiger partial charge on any atom is 0.255 e. The number of aliphatic imine (C=N–C) groups is 1. The second kappa shape index (κ2) is 3.77. The molecule has 1 aliphatic heterocycles. The van der Waals surface area contributed by atoms with Gasteiger partial charge in [0.2, 0.25) is 0 Å². The highest BCUT2D eigenvalue weighted by molar-refractivity contribution is 6.21. The lowest BCUT2D eigenvalue weighted by Crippen LogP contribution is -2.51. The van der Waals surface area contributed by atoms with Crippen LogP contribution in [-0.4, -0.2) is 22.9 Å². The lowest BCUT2D eigenvalue weighted by atomic mass is 9.47. The van der Waals surface area contributed by atoms with Crippen LogP contribution in [-0.2, 0) is 4.79 Å². The van der Waals surface area contributed by atoms with Crippen molar-refractivity contribution in [1.29, 1.82) is 0 Å². The molecule has 5 N–H and O–H groups in total. The van der Waals surface area contributed by atoms with Crippen molar-refractivity contribution in [2.24, 2.45) is 39.6 Å². The molecule has 1 amide bonds. The number of amidine groups is 1. The van der Waals surface area contributed by atoms with Crippen molar-refractivity contribution in [2.75, 3.05) is 0 Å². The van der Waals surface area contributed by atoms with Gasteiger partial charge in [-0.15, -0.1) is 0 Å². The summed E-state index contributed by atoms with van der Waals surface area (Å²) in [6.07, 6.45) is 7.32. The second-order valence-electron chi connectivity index (χ2n) is 7.32. The van der Waals surface area contributed by atoms with Crippen LogP contribution in [0, 0.1) is 23.2 Å². The van der Waals surface area contributed by atoms with E-state index in [1.165, 1.54) is 19.3 Å². The summed E-state index contributed by atoms with van der Waals surface area (Å²) in [5.41, 5.74) is 11.2. The fraction of sp³-hybridized carbons (Fsp3) is 0.733. The van der Waals surface area contributed by atoms with Crippen LogP contribution < -0.4 is 11.5 Å². The Morgan fingerprint density at radius 1 is 1.15 bits per heavy atom. The number of amides is 1. The molecule has 20 heavy (non-hydrogen) atoms. The number of rotatable bonds is 2. The summed E-state index contributed by atoms with van der Waals surface area (Å²) >= 11 is 0. The van der Waals surface area contributed by atoms with Gasteiger partial charge in [0.25, 0.3) is 5.91 Å². The molecule has 5 aliphatic rings. The standard InChI is InChI=1S/C15H21N3O2/c16-13-10(14(17)20)11(19)12(18-13)15-4-7-1-8(5-15)3-9(2-7)6-15/h7-9,12,19H,1-6H2,(H2,16,18)(H2,17,20). The van der Waals surface area contributed by atoms with E-state index in [0.717, 1.165) is 37.0 Å². The number of nitrogens with zero attached hydrogens (tertiary/aromatic N) is 1. The molecule has 5 nitrogen and oxygen atoms in total. The quantitative estimate of drug-likeness (QED) is 0.706. The largest absolute Gasteiger partial charge is 0.509 e. The zero-order chi connectivity index (χ0) is 14.1. The Morgan fingerprint density at radius 3 is 2.05 bits per heavy atom. The molecule has 0 aromatic heterocycles. The van der Waals surface area contributed by atoms with Crippen LogP contribution in [0.1, 0.15) is 38.5 Å². The number of hydrogen-bond donors (Lipinski definition) is 3. The van der Waals surface area contributed by atoms with E-state index in [1.54, 1.807) is 0 Å². The van der Waals surface area contributed by atoms with Gasteiger partial charge in [-0.2, -0.15) is 0 Å². The molecule has 4 bridgehead atoms. The minimum Gasteiger partial charge on any atom is -0.509 e. The summed E-state index contributed by atoms with van der Waals surface area (Å²) in [6.45, 7) is 0. The molecule has 0 spiro atoms. The monoisotopic (exact) mass is 275 g/mol. The first-order valence-electron chi connectivity index (χ1n) is 7.55. The van der Waals surface area contributed by atoms with Crippen molar-refractivity contribution < 1.29 is 9.90 Å². The maximum absolute atomic E-state index is 11.4. The average molecular weight is 275 g/mol. The zero-order valence-electron chi connectivity index (χ0n) is 11.5. The average Bonchev–Trinajstić information content (AvgIpc) is 2.63. The van der Waals surface area contributed by atoms with Crippen LogP contribution in [0.3, 0.4) is 0 Å². The first kappa shape index (κ1) is 12.2. The molecular weight excluding hydrogens is 254 g/mol. The van der Waals surface area contributed by atoms with E-state index < -0.39 is 5.91 Å². The molecule has 108 valence electrons. The Bertz CT molecular complexity index is 514. The van der Waals surface area contributed by atoms with Crippen molar-refractivity contribution in [1.82, 2.24) is 0 Å². The normalized spacial score (nSPS) is 45.9. The van der Waals surface area contributed by atoms with Crippen molar-refractivity contribution in [3.05, 3.63) is 11.3 Å². The van der Waals surface area contributed by atoms with E-state index in [2.05, 4.69) is 4.99 Å². The molecule has 1 atom stereocenters. The molecule has 0 aromatic rings. The maximum atomic E-state index is 11.4. The van der Waals surface area contributed by atoms with Crippen molar-refractivity contribution in [3.8, 4) is 0 Å². The van der Waals surface area contributed by atoms with Gasteiger partial charge in [-0.25, -0.2) is 0 Å². The highest BCUT2D eigenvalue weighted by Gasteiger charge is 2.56. The molecule has 5 heteroatoms. The van der Waals surface area contributed by atoms with E-state index in [9.17, 15) is 9.90 Å². The highest BCUT2D eigenvalue weighted by Crippen LogP contribution is 2.63. The number of primary amides is 1. The van der Waals surface area contributed by atoms with Crippen LogP contribution in [0.4, 0.5) is 0 Å². The SMILES string of the molecule is NC(=O)C1=C(O)C(C23CC4CC(CC(C4)C2)C3)N=C1N. The Labute approximate surface area is 118 Å². The summed E-state index contributed by atoms with van der Waals surface area (Å²) < 4.78 is 0. The van der Waals surface area contributed by atoms with Crippen LogP contribution >= 0.6 is 0 Å². The Kier molecular flexibility index (Phi) is 2.31. The van der Waals surface area contributed by atoms with Crippen LogP contribution in [0.25, 0.3) is 0 Å². The Hall–Kier alpha value is -1.52. The lowest BCUT2D eigenvalue weighted by molar-refractivity contribution is -0.114. The summed E-state index contributed by atoms with van der Waals surface area (Å²) in [5, 5.41) is 10.4. The van der Waals surface area contributed by atoms with Gasteiger partial charge < -0.3 is 16.6 Å². The van der Waals surface area contributed by atoms with Gasteiger partial charge >= 0.3 is 0 Å². The molecule has 0 aromatic carbocycles. The first-order chi connectivity index (χ1) is 9.48. The number of aliphatic hydroxyl groups excluding tert-OH is 1. The smallest absolute Gasteiger partial charge is 0.255 e. The predicted molar refractivity (Wildman–Crippen MR) is 74.9 cm³/mol. The molecule has 4 saturated carbocycles. The van der Waals surface area contributed by atoms with Gasteiger partial charge in [-0.3, -0.25) is 9.79 Å². The topological polar surface area (TPSA) is 102 Å². The number of nitrogens with two attached hydrogens (primary N) is 2. The van der Waals surface area contributed by atoms with E-state index in [0.29, 0.717) is 0 Å². The second-order valence-corrected chi connectivity index (χ2v) is 7.32. The van der Waals surface area contributed by atoms with E-state index in [-0.39, 0.29) is 28.6 Å². The fourth-order valence-corrected chi connectivity index (χ4v) is 5.72. The molecule has 1 heterocycles. The minimum absolute atomic E-state index is 0.0145. The third-order valence-corrected chi connectivity index (χ3v) is 5.95. The molecule has 5 rings (SSSR count). The molecule has 0 saturated heterocycles. The number of aliphatic hydroxyl groups is 1. The van der Waals surface area contributed by atoms with Gasteiger partial charge in [0.15, 0.2) is 0 Å². The van der Waals surface area contributed by atoms with Crippen molar-refractivity contribution in [3.63, 3.8) is 0 Å². The van der Waals surface area contributed by atoms with Gasteiger partial charge in [0.1, 0.15) is 23.2 Å². The molecule has 4 fully saturated rings. The third-order valence-electron chi connectivity index (χ3n) is 5.95. The van der Waals surface area contributed by atoms with Crippen LogP contribution in [0.15, 0.2) is 16.3 Å². The summed E-state index contributed by atoms with van der Waals surface area (Å²) in [4.78, 5) is 15.9. The van der Waals surface area contributed by atoms with Gasteiger partial charge in [-0.05, 0) is 56.3 Å². The van der Waals surface area contributed by atoms with Crippen molar-refractivity contribution in [2.45, 2.75) is 44.6 Å². The summed E-state index contributed by atoms with van der Waals surface area (Å²) in [7, 11) is 0. The fourth-order valence-electron chi connectivity index (χ4n) is 5.72. The van der Waals surface area contributed by atoms with Crippen molar-refractivity contribution >= 4 is 11.7 Å². The van der Waals surface area contributed by atoms with Gasteiger partial charge in [-0.1, -0.05) is 0 Å². The third kappa shape index (κ3) is 1.49. The molecule has 4 aliphatic carbocycles. The summed E-state index contributed by atoms with van der Waals surface area (Å²) in [5.74, 6) is 1.78. The van der Waals surface area contributed by atoms with Crippen LogP contribution in [0.5, 0.6) is 0 Å². The minimum atomic E-state index is -0.670. The van der Waals surface area contributed by atoms with Gasteiger partial charge in [0.05, 0.1) is 0 Å². The van der Waals surface area contributed by atoms with Crippen LogP contribution in [0.2, 0.25) is 0 Å². The first-order valence-corrected chi connectivity index (χ1v) is 7.55. The highest BCUT2D eigenvalue weighted by atomic mass is 16.3. The van der Waals surface area contributed by atoms with E-state index in [1.807, 2.05) is 0 Å². The molecule has 1 unspecified atom stereocenters. The van der Waals surface area contributed by atoms with E-state index >= 15 is 0 Å². The van der Waals surface area contributed by atoms with Gasteiger partial charge in [0, 0.05) is 5.41 Å². The predicted octanol–water partition coefficient (Wildman–Crippen LogP) is 1.24. The van der Waals surface area contributed by atoms with E-state index in [4.69, 9.17) is 11.5 Å². The summed E-state index contributed by atoms with van der Waals surface area (Å²) in [6, 6.07) is -0.335. The number of hydrogen-bond acceptors (Lipinski definition) is 4. The Balaban J connectivity index is 1.74. The zero-order valence-corrected chi connectivity index (χ0v) is 11.5. The molecular formula is C15H21N3O2. The lowest BCUT2D eigenvalue weighted by Gasteiger charge is -2.58.